The van der Waals surface area contributed by atoms with Gasteiger partial charge in [-0.05, 0) is 43.7 Å². The number of ether oxygens (including phenoxy) is 1. The predicted octanol–water partition coefficient (Wildman–Crippen LogP) is 1.94. The second-order valence-corrected chi connectivity index (χ2v) is 7.74. The highest BCUT2D eigenvalue weighted by molar-refractivity contribution is 6.52. The SMILES string of the molecule is O=C(CN1C(=O)C(=O)c2ccccc21)OCC(=O)N1CCC[C@@H]2CCCC[C@@H]21. The monoisotopic (exact) mass is 384 g/mol. The van der Waals surface area contributed by atoms with Gasteiger partial charge in [-0.25, -0.2) is 0 Å². The highest BCUT2D eigenvalue weighted by atomic mass is 16.5. The number of piperidine rings is 1. The van der Waals surface area contributed by atoms with Crippen molar-refractivity contribution >= 4 is 29.3 Å². The molecule has 2 aliphatic heterocycles. The lowest BCUT2D eigenvalue weighted by Gasteiger charge is -2.44. The topological polar surface area (TPSA) is 84.0 Å². The summed E-state index contributed by atoms with van der Waals surface area (Å²) in [5.41, 5.74) is 0.690. The van der Waals surface area contributed by atoms with Gasteiger partial charge in [-0.3, -0.25) is 24.1 Å². The standard InChI is InChI=1S/C21H24N2O5/c24-18(22-11-5-7-14-6-1-3-9-16(14)22)13-28-19(25)12-23-17-10-4-2-8-15(17)20(26)21(23)27/h2,4,8,10,14,16H,1,3,5-7,9,11-13H2/t14-,16-/m0/s1. The van der Waals surface area contributed by atoms with Gasteiger partial charge in [0.2, 0.25) is 0 Å². The molecule has 0 N–H and O–H groups in total. The molecule has 3 aliphatic rings. The van der Waals surface area contributed by atoms with Crippen LogP contribution in [-0.2, 0) is 19.1 Å². The van der Waals surface area contributed by atoms with Crippen molar-refractivity contribution in [2.24, 2.45) is 5.92 Å². The highest BCUT2D eigenvalue weighted by Crippen LogP contribution is 2.35. The van der Waals surface area contributed by atoms with E-state index in [-0.39, 0.29) is 30.7 Å². The molecule has 1 saturated carbocycles. The fraction of sp³-hybridized carbons (Fsp3) is 0.524. The van der Waals surface area contributed by atoms with Crippen LogP contribution in [0.5, 0.6) is 0 Å². The Morgan fingerprint density at radius 3 is 2.64 bits per heavy atom. The summed E-state index contributed by atoms with van der Waals surface area (Å²) < 4.78 is 5.16. The number of rotatable bonds is 4. The minimum atomic E-state index is -0.745. The highest BCUT2D eigenvalue weighted by Gasteiger charge is 2.38. The molecule has 7 heteroatoms. The number of ketones is 1. The van der Waals surface area contributed by atoms with Gasteiger partial charge in [-0.2, -0.15) is 0 Å². The third-order valence-corrected chi connectivity index (χ3v) is 6.09. The molecule has 1 aliphatic carbocycles. The van der Waals surface area contributed by atoms with E-state index in [1.165, 1.54) is 19.3 Å². The number of amides is 2. The molecule has 0 radical (unpaired) electrons. The average Bonchev–Trinajstić information content (AvgIpc) is 2.96. The van der Waals surface area contributed by atoms with E-state index >= 15 is 0 Å². The van der Waals surface area contributed by atoms with Crippen molar-refractivity contribution < 1.29 is 23.9 Å². The van der Waals surface area contributed by atoms with Gasteiger partial charge < -0.3 is 9.64 Å². The summed E-state index contributed by atoms with van der Waals surface area (Å²) in [7, 11) is 0. The first-order valence-electron chi connectivity index (χ1n) is 9.96. The van der Waals surface area contributed by atoms with Crippen LogP contribution in [0.25, 0.3) is 0 Å². The number of carbonyl (C=O) groups is 4. The Balaban J connectivity index is 1.34. The zero-order valence-electron chi connectivity index (χ0n) is 15.8. The van der Waals surface area contributed by atoms with Crippen molar-refractivity contribution in [3.05, 3.63) is 29.8 Å². The van der Waals surface area contributed by atoms with E-state index in [0.29, 0.717) is 18.2 Å². The van der Waals surface area contributed by atoms with E-state index in [1.54, 1.807) is 24.3 Å². The first kappa shape index (κ1) is 18.7. The van der Waals surface area contributed by atoms with Crippen LogP contribution in [0.15, 0.2) is 24.3 Å². The largest absolute Gasteiger partial charge is 0.454 e. The van der Waals surface area contributed by atoms with Crippen molar-refractivity contribution in [3.8, 4) is 0 Å². The summed E-state index contributed by atoms with van der Waals surface area (Å²) in [5.74, 6) is -1.67. The zero-order chi connectivity index (χ0) is 19.7. The molecule has 1 aromatic rings. The number of carbonyl (C=O) groups excluding carboxylic acids is 4. The van der Waals surface area contributed by atoms with Gasteiger partial charge in [-0.1, -0.05) is 25.0 Å². The lowest BCUT2D eigenvalue weighted by Crippen LogP contribution is -2.51. The summed E-state index contributed by atoms with van der Waals surface area (Å²) in [6, 6.07) is 6.80. The van der Waals surface area contributed by atoms with E-state index in [1.807, 2.05) is 4.90 Å². The molecule has 0 spiro atoms. The quantitative estimate of drug-likeness (QED) is 0.585. The van der Waals surface area contributed by atoms with Gasteiger partial charge in [0.05, 0.1) is 11.3 Å². The van der Waals surface area contributed by atoms with Crippen LogP contribution in [0.1, 0.15) is 48.9 Å². The Hall–Kier alpha value is -2.70. The zero-order valence-corrected chi connectivity index (χ0v) is 15.8. The van der Waals surface area contributed by atoms with E-state index in [9.17, 15) is 19.2 Å². The van der Waals surface area contributed by atoms with E-state index in [2.05, 4.69) is 0 Å². The molecule has 1 saturated heterocycles. The predicted molar refractivity (Wildman–Crippen MR) is 101 cm³/mol. The number of hydrogen-bond donors (Lipinski definition) is 0. The maximum atomic E-state index is 12.6. The number of Topliss-reactive ketones (excluding diaryl/α,β-unsaturated/α-hetero) is 1. The number of hydrogen-bond acceptors (Lipinski definition) is 5. The number of nitrogens with zero attached hydrogens (tertiary/aromatic N) is 2. The lowest BCUT2D eigenvalue weighted by molar-refractivity contribution is -0.154. The van der Waals surface area contributed by atoms with E-state index in [4.69, 9.17) is 4.74 Å². The Morgan fingerprint density at radius 1 is 1.04 bits per heavy atom. The molecule has 1 aromatic carbocycles. The van der Waals surface area contributed by atoms with Crippen LogP contribution < -0.4 is 4.90 Å². The Bertz CT molecular complexity index is 819. The molecule has 0 aromatic heterocycles. The minimum absolute atomic E-state index is 0.172. The van der Waals surface area contributed by atoms with Gasteiger partial charge >= 0.3 is 5.97 Å². The first-order chi connectivity index (χ1) is 13.6. The maximum absolute atomic E-state index is 12.6. The average molecular weight is 384 g/mol. The van der Waals surface area contributed by atoms with Crippen LogP contribution in [0, 0.1) is 5.92 Å². The van der Waals surface area contributed by atoms with E-state index in [0.717, 1.165) is 24.2 Å². The van der Waals surface area contributed by atoms with Crippen molar-refractivity contribution in [1.29, 1.82) is 0 Å². The second kappa shape index (κ2) is 7.73. The summed E-state index contributed by atoms with van der Waals surface area (Å²) in [6.45, 7) is 0.0185. The molecule has 2 amide bonds. The molecule has 0 unspecified atom stereocenters. The minimum Gasteiger partial charge on any atom is -0.454 e. The molecular formula is C21H24N2O5. The molecule has 7 nitrogen and oxygen atoms in total. The van der Waals surface area contributed by atoms with Crippen LogP contribution >= 0.6 is 0 Å². The molecule has 2 atom stereocenters. The van der Waals surface area contributed by atoms with Crippen molar-refractivity contribution in [2.45, 2.75) is 44.6 Å². The summed E-state index contributed by atoms with van der Waals surface area (Å²) in [6.07, 6.45) is 6.70. The van der Waals surface area contributed by atoms with E-state index < -0.39 is 17.7 Å². The number of likely N-dealkylation sites (tertiary alicyclic amines) is 1. The number of para-hydroxylation sites is 1. The molecule has 0 bridgehead atoms. The van der Waals surface area contributed by atoms with Crippen molar-refractivity contribution in [2.75, 3.05) is 24.6 Å². The van der Waals surface area contributed by atoms with Crippen molar-refractivity contribution in [3.63, 3.8) is 0 Å². The Kier molecular flexibility index (Phi) is 5.15. The van der Waals surface area contributed by atoms with Crippen LogP contribution in [0.2, 0.25) is 0 Å². The van der Waals surface area contributed by atoms with Crippen LogP contribution in [-0.4, -0.2) is 54.2 Å². The molecule has 4 rings (SSSR count). The van der Waals surface area contributed by atoms with Crippen LogP contribution in [0.3, 0.4) is 0 Å². The fourth-order valence-corrected chi connectivity index (χ4v) is 4.74. The van der Waals surface area contributed by atoms with Crippen molar-refractivity contribution in [1.82, 2.24) is 4.90 Å². The molecule has 2 fully saturated rings. The third-order valence-electron chi connectivity index (χ3n) is 6.09. The fourth-order valence-electron chi connectivity index (χ4n) is 4.74. The summed E-state index contributed by atoms with van der Waals surface area (Å²) in [5, 5.41) is 0. The summed E-state index contributed by atoms with van der Waals surface area (Å²) in [4.78, 5) is 52.0. The Morgan fingerprint density at radius 2 is 1.79 bits per heavy atom. The summed E-state index contributed by atoms with van der Waals surface area (Å²) >= 11 is 0. The molecular weight excluding hydrogens is 360 g/mol. The number of fused-ring (bicyclic) bond motifs is 2. The smallest absolute Gasteiger partial charge is 0.326 e. The normalized spacial score (nSPS) is 24.0. The van der Waals surface area contributed by atoms with Gasteiger partial charge in [0.25, 0.3) is 17.6 Å². The number of benzene rings is 1. The molecule has 148 valence electrons. The van der Waals surface area contributed by atoms with Gasteiger partial charge in [-0.15, -0.1) is 0 Å². The third kappa shape index (κ3) is 3.41. The number of anilines is 1. The lowest BCUT2D eigenvalue weighted by atomic mass is 9.78. The Labute approximate surface area is 163 Å². The first-order valence-corrected chi connectivity index (χ1v) is 9.96. The molecule has 28 heavy (non-hydrogen) atoms. The van der Waals surface area contributed by atoms with Gasteiger partial charge in [0.15, 0.2) is 6.61 Å². The van der Waals surface area contributed by atoms with Crippen LogP contribution in [0.4, 0.5) is 5.69 Å². The second-order valence-electron chi connectivity index (χ2n) is 7.74. The van der Waals surface area contributed by atoms with Gasteiger partial charge in [0.1, 0.15) is 6.54 Å². The molecule has 2 heterocycles. The maximum Gasteiger partial charge on any atom is 0.326 e. The number of esters is 1. The van der Waals surface area contributed by atoms with Gasteiger partial charge in [0, 0.05) is 12.6 Å².